The van der Waals surface area contributed by atoms with E-state index < -0.39 is 9.84 Å². The van der Waals surface area contributed by atoms with Gasteiger partial charge in [-0.15, -0.1) is 0 Å². The zero-order valence-electron chi connectivity index (χ0n) is 10.9. The van der Waals surface area contributed by atoms with Crippen LogP contribution in [0.1, 0.15) is 12.2 Å². The molecule has 104 valence electrons. The fraction of sp³-hybridized carbons (Fsp3) is 0.462. The van der Waals surface area contributed by atoms with Crippen LogP contribution in [0.15, 0.2) is 24.3 Å². The van der Waals surface area contributed by atoms with Crippen molar-refractivity contribution in [1.82, 2.24) is 9.55 Å². The Morgan fingerprint density at radius 3 is 2.74 bits per heavy atom. The molecule has 0 saturated heterocycles. The van der Waals surface area contributed by atoms with Gasteiger partial charge in [-0.05, 0) is 18.6 Å². The zero-order chi connectivity index (χ0) is 13.9. The summed E-state index contributed by atoms with van der Waals surface area (Å²) in [5, 5.41) is 8.92. The first kappa shape index (κ1) is 14.0. The Morgan fingerprint density at radius 1 is 1.32 bits per heavy atom. The molecule has 0 aliphatic rings. The largest absolute Gasteiger partial charge is 0.396 e. The summed E-state index contributed by atoms with van der Waals surface area (Å²) in [6.07, 6.45) is 2.51. The lowest BCUT2D eigenvalue weighted by atomic mass is 10.3. The second-order valence-electron chi connectivity index (χ2n) is 4.63. The van der Waals surface area contributed by atoms with Crippen molar-refractivity contribution in [3.8, 4) is 0 Å². The van der Waals surface area contributed by atoms with Crippen molar-refractivity contribution in [2.24, 2.45) is 0 Å². The maximum absolute atomic E-state index is 11.3. The Morgan fingerprint density at radius 2 is 2.05 bits per heavy atom. The van der Waals surface area contributed by atoms with Gasteiger partial charge in [0.2, 0.25) is 0 Å². The second-order valence-corrected chi connectivity index (χ2v) is 6.89. The van der Waals surface area contributed by atoms with Crippen molar-refractivity contribution in [1.29, 1.82) is 0 Å². The number of aliphatic hydroxyl groups excluding tert-OH is 1. The van der Waals surface area contributed by atoms with Crippen molar-refractivity contribution < 1.29 is 13.5 Å². The summed E-state index contributed by atoms with van der Waals surface area (Å²) in [5.41, 5.74) is 1.81. The van der Waals surface area contributed by atoms with Crippen LogP contribution in [0.2, 0.25) is 0 Å². The lowest BCUT2D eigenvalue weighted by Gasteiger charge is -2.08. The number of fused-ring (bicyclic) bond motifs is 1. The highest BCUT2D eigenvalue weighted by Crippen LogP contribution is 2.17. The molecular formula is C13H18N2O3S. The lowest BCUT2D eigenvalue weighted by molar-refractivity contribution is 0.287. The van der Waals surface area contributed by atoms with Crippen LogP contribution in [0.25, 0.3) is 11.0 Å². The van der Waals surface area contributed by atoms with E-state index >= 15 is 0 Å². The highest BCUT2D eigenvalue weighted by molar-refractivity contribution is 7.90. The summed E-state index contributed by atoms with van der Waals surface area (Å²) in [6, 6.07) is 7.67. The molecule has 6 heteroatoms. The van der Waals surface area contributed by atoms with E-state index in [0.29, 0.717) is 19.4 Å². The van der Waals surface area contributed by atoms with Crippen LogP contribution in [0.5, 0.6) is 0 Å². The molecule has 1 aromatic heterocycles. The molecule has 5 nitrogen and oxygen atoms in total. The molecule has 0 saturated carbocycles. The highest BCUT2D eigenvalue weighted by atomic mass is 32.2. The van der Waals surface area contributed by atoms with Crippen molar-refractivity contribution in [2.75, 3.05) is 18.6 Å². The van der Waals surface area contributed by atoms with E-state index in [-0.39, 0.29) is 12.4 Å². The van der Waals surface area contributed by atoms with E-state index in [9.17, 15) is 8.42 Å². The third-order valence-corrected chi connectivity index (χ3v) is 3.90. The SMILES string of the molecule is CS(=O)(=O)CCn1c(CCCO)nc2ccccc21. The molecule has 19 heavy (non-hydrogen) atoms. The summed E-state index contributed by atoms with van der Waals surface area (Å²) in [5.74, 6) is 0.929. The summed E-state index contributed by atoms with van der Waals surface area (Å²) < 4.78 is 24.6. The van der Waals surface area contributed by atoms with Gasteiger partial charge in [-0.3, -0.25) is 0 Å². The highest BCUT2D eigenvalue weighted by Gasteiger charge is 2.12. The zero-order valence-corrected chi connectivity index (χ0v) is 11.7. The molecule has 0 aliphatic carbocycles. The number of aryl methyl sites for hydroxylation is 2. The van der Waals surface area contributed by atoms with Crippen LogP contribution in [-0.2, 0) is 22.8 Å². The van der Waals surface area contributed by atoms with Gasteiger partial charge in [-0.25, -0.2) is 13.4 Å². The number of rotatable bonds is 6. The van der Waals surface area contributed by atoms with Crippen LogP contribution in [0.3, 0.4) is 0 Å². The Kier molecular flexibility index (Phi) is 4.21. The number of aromatic nitrogens is 2. The molecule has 0 fully saturated rings. The number of hydrogen-bond donors (Lipinski definition) is 1. The summed E-state index contributed by atoms with van der Waals surface area (Å²) in [6.45, 7) is 0.509. The molecule has 2 rings (SSSR count). The van der Waals surface area contributed by atoms with E-state index in [1.54, 1.807) is 0 Å². The molecule has 2 aromatic rings. The molecular weight excluding hydrogens is 264 g/mol. The molecule has 0 amide bonds. The second kappa shape index (κ2) is 5.71. The molecule has 0 aliphatic heterocycles. The van der Waals surface area contributed by atoms with Crippen molar-refractivity contribution >= 4 is 20.9 Å². The van der Waals surface area contributed by atoms with Crippen molar-refractivity contribution in [3.63, 3.8) is 0 Å². The first-order chi connectivity index (χ1) is 9.01. The monoisotopic (exact) mass is 282 g/mol. The van der Waals surface area contributed by atoms with Gasteiger partial charge in [0.05, 0.1) is 16.8 Å². The average molecular weight is 282 g/mol. The Hall–Kier alpha value is -1.40. The van der Waals surface area contributed by atoms with E-state index in [2.05, 4.69) is 4.98 Å². The Balaban J connectivity index is 2.36. The summed E-state index contributed by atoms with van der Waals surface area (Å²) in [7, 11) is -3.00. The summed E-state index contributed by atoms with van der Waals surface area (Å²) >= 11 is 0. The molecule has 1 N–H and O–H groups in total. The van der Waals surface area contributed by atoms with Crippen LogP contribution in [-0.4, -0.2) is 41.7 Å². The first-order valence-corrected chi connectivity index (χ1v) is 8.30. The van der Waals surface area contributed by atoms with Crippen LogP contribution in [0.4, 0.5) is 0 Å². The third kappa shape index (κ3) is 3.54. The average Bonchev–Trinajstić information content (AvgIpc) is 2.70. The number of para-hydroxylation sites is 2. The molecule has 1 aromatic carbocycles. The number of hydrogen-bond acceptors (Lipinski definition) is 4. The van der Waals surface area contributed by atoms with Crippen LogP contribution >= 0.6 is 0 Å². The van der Waals surface area contributed by atoms with E-state index in [0.717, 1.165) is 16.9 Å². The van der Waals surface area contributed by atoms with E-state index in [1.165, 1.54) is 6.26 Å². The first-order valence-electron chi connectivity index (χ1n) is 6.24. The van der Waals surface area contributed by atoms with Gasteiger partial charge < -0.3 is 9.67 Å². The molecule has 1 heterocycles. The Labute approximate surface area is 112 Å². The van der Waals surface area contributed by atoms with Gasteiger partial charge in [0, 0.05) is 25.8 Å². The number of sulfone groups is 1. The fourth-order valence-corrected chi connectivity index (χ4v) is 2.57. The van der Waals surface area contributed by atoms with Crippen LogP contribution in [0, 0.1) is 0 Å². The molecule has 0 radical (unpaired) electrons. The number of aliphatic hydroxyl groups is 1. The van der Waals surface area contributed by atoms with Gasteiger partial charge in [-0.1, -0.05) is 12.1 Å². The van der Waals surface area contributed by atoms with Gasteiger partial charge in [0.1, 0.15) is 15.7 Å². The minimum absolute atomic E-state index is 0.0967. The lowest BCUT2D eigenvalue weighted by Crippen LogP contribution is -2.13. The smallest absolute Gasteiger partial charge is 0.149 e. The normalized spacial score (nSPS) is 12.1. The van der Waals surface area contributed by atoms with Crippen molar-refractivity contribution in [2.45, 2.75) is 19.4 Å². The number of nitrogens with zero attached hydrogens (tertiary/aromatic N) is 2. The number of imidazole rings is 1. The maximum Gasteiger partial charge on any atom is 0.149 e. The molecule has 0 unspecified atom stereocenters. The molecule has 0 spiro atoms. The third-order valence-electron chi connectivity index (χ3n) is 2.98. The van der Waals surface area contributed by atoms with E-state index in [4.69, 9.17) is 5.11 Å². The van der Waals surface area contributed by atoms with E-state index in [1.807, 2.05) is 28.8 Å². The van der Waals surface area contributed by atoms with Gasteiger partial charge in [-0.2, -0.15) is 0 Å². The molecule has 0 bridgehead atoms. The fourth-order valence-electron chi connectivity index (χ4n) is 2.06. The minimum Gasteiger partial charge on any atom is -0.396 e. The van der Waals surface area contributed by atoms with Crippen LogP contribution < -0.4 is 0 Å². The van der Waals surface area contributed by atoms with Gasteiger partial charge in [0.15, 0.2) is 0 Å². The van der Waals surface area contributed by atoms with Crippen molar-refractivity contribution in [3.05, 3.63) is 30.1 Å². The Bertz CT molecular complexity index is 662. The predicted octanol–water partition coefficient (Wildman–Crippen LogP) is 1.01. The quantitative estimate of drug-likeness (QED) is 0.858. The standard InChI is InChI=1S/C13H18N2O3S/c1-19(17,18)10-8-15-12-6-3-2-5-11(12)14-13(15)7-4-9-16/h2-3,5-6,16H,4,7-10H2,1H3. The minimum atomic E-state index is -3.00. The predicted molar refractivity (Wildman–Crippen MR) is 74.9 cm³/mol. The number of benzene rings is 1. The molecule has 0 atom stereocenters. The van der Waals surface area contributed by atoms with Gasteiger partial charge in [0.25, 0.3) is 0 Å². The van der Waals surface area contributed by atoms with Gasteiger partial charge >= 0.3 is 0 Å². The summed E-state index contributed by atoms with van der Waals surface area (Å²) in [4.78, 5) is 4.51. The topological polar surface area (TPSA) is 72.2 Å². The maximum atomic E-state index is 11.3.